The van der Waals surface area contributed by atoms with E-state index >= 15 is 0 Å². The number of amides is 1. The van der Waals surface area contributed by atoms with E-state index in [2.05, 4.69) is 32.2 Å². The summed E-state index contributed by atoms with van der Waals surface area (Å²) in [6, 6.07) is 28.9. The van der Waals surface area contributed by atoms with Gasteiger partial charge in [0.25, 0.3) is 5.91 Å². The van der Waals surface area contributed by atoms with Crippen molar-refractivity contribution in [2.45, 2.75) is 33.6 Å². The molecule has 0 saturated carbocycles. The second-order valence-electron chi connectivity index (χ2n) is 12.2. The average Bonchev–Trinajstić information content (AvgIpc) is 2.99. The lowest BCUT2D eigenvalue weighted by atomic mass is 9.69. The van der Waals surface area contributed by atoms with Gasteiger partial charge in [-0.2, -0.15) is 0 Å². The Hall–Kier alpha value is -4.48. The van der Waals surface area contributed by atoms with Gasteiger partial charge >= 0.3 is 5.97 Å². The molecular weight excluding hydrogens is 556 g/mol. The quantitative estimate of drug-likeness (QED) is 0.208. The van der Waals surface area contributed by atoms with Crippen molar-refractivity contribution < 1.29 is 14.3 Å². The molecule has 6 rings (SSSR count). The van der Waals surface area contributed by atoms with Gasteiger partial charge < -0.3 is 10.1 Å². The van der Waals surface area contributed by atoms with Gasteiger partial charge in [0.15, 0.2) is 6.61 Å². The first-order valence-corrected chi connectivity index (χ1v) is 14.9. The number of benzene rings is 4. The molecule has 4 aromatic carbocycles. The maximum atomic E-state index is 13.9. The van der Waals surface area contributed by atoms with E-state index in [-0.39, 0.29) is 11.3 Å². The summed E-state index contributed by atoms with van der Waals surface area (Å²) >= 11 is 6.15. The number of carbonyl (C=O) groups excluding carboxylic acids is 2. The minimum atomic E-state index is -0.525. The van der Waals surface area contributed by atoms with Crippen molar-refractivity contribution in [3.63, 3.8) is 0 Å². The molecule has 5 nitrogen and oxygen atoms in total. The van der Waals surface area contributed by atoms with Gasteiger partial charge in [0.05, 0.1) is 16.8 Å². The lowest BCUT2D eigenvalue weighted by molar-refractivity contribution is -0.119. The number of pyridine rings is 1. The summed E-state index contributed by atoms with van der Waals surface area (Å²) in [4.78, 5) is 32.0. The molecule has 0 radical (unpaired) electrons. The molecule has 1 aliphatic rings. The van der Waals surface area contributed by atoms with Crippen LogP contribution < -0.4 is 5.32 Å². The fourth-order valence-electron chi connectivity index (χ4n) is 5.85. The summed E-state index contributed by atoms with van der Waals surface area (Å²) < 4.78 is 5.72. The first kappa shape index (κ1) is 28.6. The molecule has 1 aromatic heterocycles. The molecule has 1 heterocycles. The number of aromatic nitrogens is 1. The van der Waals surface area contributed by atoms with E-state index in [1.165, 1.54) is 0 Å². The average molecular weight is 589 g/mol. The van der Waals surface area contributed by atoms with Crippen LogP contribution in [0.5, 0.6) is 0 Å². The second-order valence-corrected chi connectivity index (χ2v) is 12.6. The number of rotatable bonds is 5. The van der Waals surface area contributed by atoms with E-state index in [4.69, 9.17) is 21.3 Å². The Balaban J connectivity index is 1.36. The molecule has 216 valence electrons. The van der Waals surface area contributed by atoms with Crippen molar-refractivity contribution in [2.24, 2.45) is 11.3 Å². The predicted molar refractivity (Wildman–Crippen MR) is 175 cm³/mol. The van der Waals surface area contributed by atoms with Gasteiger partial charge in [-0.15, -0.1) is 0 Å². The summed E-state index contributed by atoms with van der Waals surface area (Å²) in [5.41, 5.74) is 5.61. The molecule has 1 N–H and O–H groups in total. The first-order chi connectivity index (χ1) is 20.7. The number of hydrogen-bond acceptors (Lipinski definition) is 4. The monoisotopic (exact) mass is 588 g/mol. The van der Waals surface area contributed by atoms with Crippen LogP contribution in [0.2, 0.25) is 5.02 Å². The molecule has 0 fully saturated rings. The van der Waals surface area contributed by atoms with E-state index in [1.807, 2.05) is 91.0 Å². The Morgan fingerprint density at radius 1 is 0.907 bits per heavy atom. The largest absolute Gasteiger partial charge is 0.452 e. The molecule has 6 heteroatoms. The third-order valence-corrected chi connectivity index (χ3v) is 8.50. The van der Waals surface area contributed by atoms with Gasteiger partial charge in [0.1, 0.15) is 0 Å². The van der Waals surface area contributed by atoms with Crippen LogP contribution in [0.25, 0.3) is 33.3 Å². The van der Waals surface area contributed by atoms with Crippen molar-refractivity contribution in [1.29, 1.82) is 0 Å². The number of nitrogens with zero attached hydrogens (tertiary/aromatic N) is 1. The zero-order chi connectivity index (χ0) is 30.1. The fraction of sp³-hybridized carbons (Fsp3) is 0.216. The smallest absolute Gasteiger partial charge is 0.339 e. The van der Waals surface area contributed by atoms with E-state index in [1.54, 1.807) is 0 Å². The summed E-state index contributed by atoms with van der Waals surface area (Å²) in [6.45, 7) is 6.29. The minimum Gasteiger partial charge on any atom is -0.452 e. The number of nitrogens with one attached hydrogen (secondary N) is 1. The van der Waals surface area contributed by atoms with E-state index in [9.17, 15) is 9.59 Å². The van der Waals surface area contributed by atoms with Gasteiger partial charge in [-0.3, -0.25) is 4.79 Å². The number of hydrogen-bond donors (Lipinski definition) is 1. The van der Waals surface area contributed by atoms with Crippen LogP contribution in [0.3, 0.4) is 0 Å². The van der Waals surface area contributed by atoms with Crippen molar-refractivity contribution in [3.8, 4) is 0 Å². The highest BCUT2D eigenvalue weighted by atomic mass is 35.5. The van der Waals surface area contributed by atoms with Crippen molar-refractivity contribution in [2.75, 3.05) is 11.9 Å². The number of halogens is 1. The fourth-order valence-corrected chi connectivity index (χ4v) is 5.98. The lowest BCUT2D eigenvalue weighted by Crippen LogP contribution is -2.29. The third-order valence-electron chi connectivity index (χ3n) is 8.25. The number of ether oxygens (including phenoxy) is 1. The summed E-state index contributed by atoms with van der Waals surface area (Å²) in [7, 11) is 0. The number of fused-ring (bicyclic) bond motifs is 3. The number of anilines is 1. The maximum Gasteiger partial charge on any atom is 0.339 e. The van der Waals surface area contributed by atoms with Crippen molar-refractivity contribution in [1.82, 2.24) is 4.98 Å². The molecule has 0 saturated heterocycles. The van der Waals surface area contributed by atoms with Gasteiger partial charge in [-0.25, -0.2) is 9.78 Å². The lowest BCUT2D eigenvalue weighted by Gasteiger charge is -2.36. The van der Waals surface area contributed by atoms with Crippen LogP contribution in [0.1, 0.15) is 54.4 Å². The zero-order valence-electron chi connectivity index (χ0n) is 24.5. The highest BCUT2D eigenvalue weighted by molar-refractivity contribution is 6.30. The molecule has 1 amide bonds. The number of esters is 1. The minimum absolute atomic E-state index is 0.0120. The van der Waals surface area contributed by atoms with Crippen molar-refractivity contribution >= 4 is 62.5 Å². The summed E-state index contributed by atoms with van der Waals surface area (Å²) in [5.74, 6) is -0.654. The molecule has 5 aromatic rings. The van der Waals surface area contributed by atoms with Gasteiger partial charge in [0.2, 0.25) is 0 Å². The maximum absolute atomic E-state index is 13.9. The Labute approximate surface area is 256 Å². The van der Waals surface area contributed by atoms with Crippen LogP contribution in [-0.4, -0.2) is 23.5 Å². The van der Waals surface area contributed by atoms with Crippen LogP contribution >= 0.6 is 11.6 Å². The summed E-state index contributed by atoms with van der Waals surface area (Å²) in [6.07, 6.45) is 3.65. The molecule has 0 aliphatic heterocycles. The number of allylic oxidation sites excluding steroid dienone is 1. The van der Waals surface area contributed by atoms with Crippen LogP contribution in [-0.2, 0) is 16.0 Å². The summed E-state index contributed by atoms with van der Waals surface area (Å²) in [5, 5.41) is 6.25. The van der Waals surface area contributed by atoms with Gasteiger partial charge in [-0.1, -0.05) is 99.1 Å². The SMILES string of the molecule is CC(C)(C)C1CC(=Cc2ccc(Cl)cc2)c2nc3ccccc3c(C(=O)OCC(=O)Nc3cccc4ccccc34)c2C1. The zero-order valence-corrected chi connectivity index (χ0v) is 25.2. The van der Waals surface area contributed by atoms with Crippen LogP contribution in [0.15, 0.2) is 91.0 Å². The molecule has 1 atom stereocenters. The van der Waals surface area contributed by atoms with Crippen LogP contribution in [0, 0.1) is 11.3 Å². The Morgan fingerprint density at radius 2 is 1.60 bits per heavy atom. The van der Waals surface area contributed by atoms with Crippen LogP contribution in [0.4, 0.5) is 5.69 Å². The molecule has 1 aliphatic carbocycles. The first-order valence-electron chi connectivity index (χ1n) is 14.5. The topological polar surface area (TPSA) is 68.3 Å². The Kier molecular flexibility index (Phi) is 7.76. The molecule has 43 heavy (non-hydrogen) atoms. The molecule has 0 bridgehead atoms. The standard InChI is InChI=1S/C37H33ClN2O3/c1-37(2,3)26-20-25(19-23-15-17-27(38)18-16-23)35-30(21-26)34(29-12-6-7-13-32(29)40-35)36(42)43-22-33(41)39-31-14-8-10-24-9-4-5-11-28(24)31/h4-19,26H,20-22H2,1-3H3,(H,39,41). The van der Waals surface area contributed by atoms with E-state index in [0.29, 0.717) is 28.2 Å². The molecule has 0 spiro atoms. The molecule has 1 unspecified atom stereocenters. The number of para-hydroxylation sites is 1. The highest BCUT2D eigenvalue weighted by Gasteiger charge is 2.35. The predicted octanol–water partition coefficient (Wildman–Crippen LogP) is 8.99. The third kappa shape index (κ3) is 6.04. The highest BCUT2D eigenvalue weighted by Crippen LogP contribution is 2.45. The van der Waals surface area contributed by atoms with E-state index in [0.717, 1.165) is 45.0 Å². The van der Waals surface area contributed by atoms with Gasteiger partial charge in [0, 0.05) is 21.5 Å². The van der Waals surface area contributed by atoms with Gasteiger partial charge in [-0.05, 0) is 76.6 Å². The number of carbonyl (C=O) groups is 2. The Morgan fingerprint density at radius 3 is 2.37 bits per heavy atom. The normalized spacial score (nSPS) is 15.8. The second kappa shape index (κ2) is 11.7. The Bertz CT molecular complexity index is 1880. The van der Waals surface area contributed by atoms with E-state index < -0.39 is 18.5 Å². The van der Waals surface area contributed by atoms with Crippen molar-refractivity contribution in [3.05, 3.63) is 118 Å². The molecular formula is C37H33ClN2O3.